The van der Waals surface area contributed by atoms with E-state index in [1.54, 1.807) is 0 Å². The fraction of sp³-hybridized carbons (Fsp3) is 0.458. The molecule has 1 fully saturated rings. The zero-order valence-corrected chi connectivity index (χ0v) is 18.4. The number of nitrogens with two attached hydrogens (primary N) is 1. The molecule has 2 aromatic rings. The average Bonchev–Trinajstić information content (AvgIpc) is 2.78. The predicted octanol–water partition coefficient (Wildman–Crippen LogP) is 5.25. The summed E-state index contributed by atoms with van der Waals surface area (Å²) in [4.78, 5) is 4.13. The number of benzene rings is 2. The zero-order chi connectivity index (χ0) is 23.1. The van der Waals surface area contributed by atoms with Gasteiger partial charge in [0.25, 0.3) is 0 Å². The number of halogens is 3. The Kier molecular flexibility index (Phi) is 8.01. The molecule has 1 aliphatic rings. The van der Waals surface area contributed by atoms with Crippen LogP contribution in [0.4, 0.5) is 18.9 Å². The van der Waals surface area contributed by atoms with Crippen molar-refractivity contribution in [3.05, 3.63) is 59.7 Å². The van der Waals surface area contributed by atoms with Crippen LogP contribution in [0.15, 0.2) is 48.5 Å². The number of anilines is 1. The molecule has 0 aliphatic carbocycles. The second kappa shape index (κ2) is 10.7. The average molecular weight is 449 g/mol. The Morgan fingerprint density at radius 1 is 1.12 bits per heavy atom. The first-order valence-corrected chi connectivity index (χ1v) is 11.0. The van der Waals surface area contributed by atoms with Gasteiger partial charge in [-0.2, -0.15) is 13.2 Å². The van der Waals surface area contributed by atoms with Crippen molar-refractivity contribution >= 4 is 11.6 Å². The molecular formula is C24H31F3N4O. The molecule has 5 nitrogen and oxygen atoms in total. The van der Waals surface area contributed by atoms with Gasteiger partial charge >= 0.3 is 6.18 Å². The van der Waals surface area contributed by atoms with E-state index < -0.39 is 11.7 Å². The van der Waals surface area contributed by atoms with Crippen LogP contribution in [0.3, 0.4) is 0 Å². The predicted molar refractivity (Wildman–Crippen MR) is 121 cm³/mol. The second-order valence-electron chi connectivity index (χ2n) is 8.13. The summed E-state index contributed by atoms with van der Waals surface area (Å²) < 4.78 is 43.8. The van der Waals surface area contributed by atoms with Crippen molar-refractivity contribution < 1.29 is 17.9 Å². The number of piperidine rings is 1. The minimum atomic E-state index is -4.34. The number of alkyl halides is 3. The molecule has 32 heavy (non-hydrogen) atoms. The van der Waals surface area contributed by atoms with E-state index in [1.807, 2.05) is 29.2 Å². The fourth-order valence-electron chi connectivity index (χ4n) is 3.85. The van der Waals surface area contributed by atoms with Gasteiger partial charge in [0.2, 0.25) is 0 Å². The minimum absolute atomic E-state index is 0.176. The number of likely N-dealkylation sites (tertiary alicyclic amines) is 1. The summed E-state index contributed by atoms with van der Waals surface area (Å²) in [5, 5.41) is 8.79. The van der Waals surface area contributed by atoms with Crippen LogP contribution >= 0.6 is 0 Å². The second-order valence-corrected chi connectivity index (χ2v) is 8.13. The van der Waals surface area contributed by atoms with Gasteiger partial charge in [-0.15, -0.1) is 0 Å². The van der Waals surface area contributed by atoms with Crippen LogP contribution in [0.2, 0.25) is 0 Å². The number of nitrogens with zero attached hydrogens (tertiary/aromatic N) is 2. The topological polar surface area (TPSA) is 65.6 Å². The van der Waals surface area contributed by atoms with Crippen molar-refractivity contribution in [3.63, 3.8) is 0 Å². The summed E-state index contributed by atoms with van der Waals surface area (Å²) in [6, 6.07) is 12.8. The van der Waals surface area contributed by atoms with Crippen LogP contribution < -0.4 is 15.4 Å². The quantitative estimate of drug-likeness (QED) is 0.449. The molecule has 0 saturated carbocycles. The van der Waals surface area contributed by atoms with Crippen molar-refractivity contribution in [2.24, 2.45) is 5.73 Å². The highest BCUT2D eigenvalue weighted by Crippen LogP contribution is 2.29. The Morgan fingerprint density at radius 2 is 1.81 bits per heavy atom. The number of nitrogens with one attached hydrogen (secondary N) is 1. The number of ether oxygens (including phenoxy) is 1. The Balaban J connectivity index is 1.65. The maximum Gasteiger partial charge on any atom is 0.416 e. The van der Waals surface area contributed by atoms with Crippen LogP contribution in [0.1, 0.15) is 43.7 Å². The van der Waals surface area contributed by atoms with Gasteiger partial charge in [0.05, 0.1) is 5.56 Å². The van der Waals surface area contributed by atoms with Crippen LogP contribution in [-0.2, 0) is 12.8 Å². The fourth-order valence-corrected chi connectivity index (χ4v) is 3.85. The van der Waals surface area contributed by atoms with Gasteiger partial charge in [-0.1, -0.05) is 12.1 Å². The van der Waals surface area contributed by atoms with E-state index in [0.717, 1.165) is 43.6 Å². The first-order valence-electron chi connectivity index (χ1n) is 11.0. The first kappa shape index (κ1) is 23.9. The number of rotatable bonds is 7. The lowest BCUT2D eigenvalue weighted by atomic mass is 10.0. The van der Waals surface area contributed by atoms with Gasteiger partial charge in [-0.05, 0) is 81.1 Å². The number of hydrogen-bond donors (Lipinski definition) is 2. The van der Waals surface area contributed by atoms with E-state index >= 15 is 0 Å². The van der Waals surface area contributed by atoms with Gasteiger partial charge in [-0.3, -0.25) is 5.41 Å². The molecule has 3 rings (SSSR count). The van der Waals surface area contributed by atoms with Gasteiger partial charge < -0.3 is 20.3 Å². The molecule has 3 N–H and O–H groups in total. The molecule has 1 saturated heterocycles. The highest BCUT2D eigenvalue weighted by molar-refractivity contribution is 5.94. The third-order valence-electron chi connectivity index (χ3n) is 5.75. The third kappa shape index (κ3) is 6.16. The number of hydrogen-bond acceptors (Lipinski definition) is 3. The van der Waals surface area contributed by atoms with Crippen molar-refractivity contribution in [2.75, 3.05) is 24.5 Å². The lowest BCUT2D eigenvalue weighted by Crippen LogP contribution is -2.50. The molecule has 0 amide bonds. The normalized spacial score (nSPS) is 16.7. The monoisotopic (exact) mass is 448 g/mol. The molecule has 8 heteroatoms. The Bertz CT molecular complexity index is 868. The molecular weight excluding hydrogens is 417 g/mol. The van der Waals surface area contributed by atoms with Gasteiger partial charge in [-0.25, -0.2) is 0 Å². The van der Waals surface area contributed by atoms with Crippen molar-refractivity contribution in [3.8, 4) is 5.75 Å². The number of guanidine groups is 1. The largest absolute Gasteiger partial charge is 0.489 e. The Morgan fingerprint density at radius 3 is 2.41 bits per heavy atom. The maximum atomic E-state index is 12.7. The summed E-state index contributed by atoms with van der Waals surface area (Å²) in [5.74, 6) is 1.11. The van der Waals surface area contributed by atoms with Crippen LogP contribution in [-0.4, -0.2) is 36.5 Å². The van der Waals surface area contributed by atoms with E-state index in [4.69, 9.17) is 15.9 Å². The van der Waals surface area contributed by atoms with E-state index in [2.05, 4.69) is 11.8 Å². The summed E-state index contributed by atoms with van der Waals surface area (Å²) in [6.07, 6.45) is -0.196. The molecule has 174 valence electrons. The Labute approximate surface area is 187 Å². The van der Waals surface area contributed by atoms with E-state index in [-0.39, 0.29) is 6.61 Å². The molecule has 0 spiro atoms. The zero-order valence-electron chi connectivity index (χ0n) is 18.4. The van der Waals surface area contributed by atoms with Crippen LogP contribution in [0.5, 0.6) is 5.75 Å². The van der Waals surface area contributed by atoms with Crippen molar-refractivity contribution in [2.45, 2.75) is 51.4 Å². The molecule has 1 atom stereocenters. The van der Waals surface area contributed by atoms with E-state index in [9.17, 15) is 13.2 Å². The maximum absolute atomic E-state index is 12.7. The molecule has 1 heterocycles. The van der Waals surface area contributed by atoms with E-state index in [0.29, 0.717) is 36.4 Å². The smallest absolute Gasteiger partial charge is 0.416 e. The summed E-state index contributed by atoms with van der Waals surface area (Å²) >= 11 is 0. The van der Waals surface area contributed by atoms with Crippen LogP contribution in [0, 0.1) is 5.41 Å². The lowest BCUT2D eigenvalue weighted by Gasteiger charge is -2.40. The standard InChI is InChI=1S/C24H31F3N4O/c1-18-5-2-3-15-30(18)23(29)31(16-4-14-28)21-10-12-22(13-11-21)32-17-19-6-8-20(9-7-19)24(25,26)27/h6-13,18,29H,2-5,14-17,28H2,1H3. The Hall–Kier alpha value is -2.74. The molecule has 1 aliphatic heterocycles. The SMILES string of the molecule is CC1CCCCN1C(=N)N(CCCN)c1ccc(OCc2ccc(C(F)(F)F)cc2)cc1. The summed E-state index contributed by atoms with van der Waals surface area (Å²) in [6.45, 7) is 4.42. The molecule has 0 aromatic heterocycles. The van der Waals surface area contributed by atoms with Crippen molar-refractivity contribution in [1.29, 1.82) is 5.41 Å². The highest BCUT2D eigenvalue weighted by Gasteiger charge is 2.30. The minimum Gasteiger partial charge on any atom is -0.489 e. The third-order valence-corrected chi connectivity index (χ3v) is 5.75. The molecule has 0 radical (unpaired) electrons. The van der Waals surface area contributed by atoms with E-state index in [1.165, 1.54) is 18.6 Å². The van der Waals surface area contributed by atoms with Crippen LogP contribution in [0.25, 0.3) is 0 Å². The van der Waals surface area contributed by atoms with Gasteiger partial charge in [0, 0.05) is 24.8 Å². The first-order chi connectivity index (χ1) is 15.3. The molecule has 2 aromatic carbocycles. The summed E-state index contributed by atoms with van der Waals surface area (Å²) in [7, 11) is 0. The summed E-state index contributed by atoms with van der Waals surface area (Å²) in [5.41, 5.74) is 6.60. The highest BCUT2D eigenvalue weighted by atomic mass is 19.4. The van der Waals surface area contributed by atoms with Gasteiger partial charge in [0.1, 0.15) is 12.4 Å². The van der Waals surface area contributed by atoms with Crippen molar-refractivity contribution in [1.82, 2.24) is 4.90 Å². The lowest BCUT2D eigenvalue weighted by molar-refractivity contribution is -0.137. The molecule has 1 unspecified atom stereocenters. The van der Waals surface area contributed by atoms with Gasteiger partial charge in [0.15, 0.2) is 5.96 Å². The molecule has 0 bridgehead atoms.